The molecular weight excluding hydrogens is 200 g/mol. The van der Waals surface area contributed by atoms with E-state index < -0.39 is 31.2 Å². The number of sulfone groups is 2. The molecule has 0 fully saturated rings. The van der Waals surface area contributed by atoms with Gasteiger partial charge in [-0.3, -0.25) is 0 Å². The molecule has 0 amide bonds. The van der Waals surface area contributed by atoms with Crippen LogP contribution in [0.25, 0.3) is 0 Å². The minimum atomic E-state index is -3.43. The van der Waals surface area contributed by atoms with Gasteiger partial charge in [-0.2, -0.15) is 0 Å². The molecule has 0 bridgehead atoms. The second-order valence-corrected chi connectivity index (χ2v) is 6.20. The summed E-state index contributed by atoms with van der Waals surface area (Å²) in [6.45, 7) is 6.10. The van der Waals surface area contributed by atoms with Crippen LogP contribution in [0.15, 0.2) is 24.0 Å². The summed E-state index contributed by atoms with van der Waals surface area (Å²) < 4.78 is 43.0. The largest absolute Gasteiger partial charge is 0.224 e. The second-order valence-electron chi connectivity index (χ2n) is 2.07. The van der Waals surface area contributed by atoms with Crippen LogP contribution in [-0.2, 0) is 19.7 Å². The molecule has 0 N–H and O–H groups in total. The Labute approximate surface area is 72.4 Å². The SMILES string of the molecule is C=CS(=O)(=O)CCS(=O)(=O)C=C. The first-order chi connectivity index (χ1) is 5.33. The summed E-state index contributed by atoms with van der Waals surface area (Å²) in [5, 5.41) is 1.48. The topological polar surface area (TPSA) is 68.3 Å². The van der Waals surface area contributed by atoms with Crippen molar-refractivity contribution >= 4 is 19.7 Å². The van der Waals surface area contributed by atoms with E-state index in [1.54, 1.807) is 0 Å². The van der Waals surface area contributed by atoms with E-state index in [4.69, 9.17) is 0 Å². The van der Waals surface area contributed by atoms with Gasteiger partial charge in [-0.05, 0) is 0 Å². The third-order valence-corrected chi connectivity index (χ3v) is 3.98. The van der Waals surface area contributed by atoms with E-state index >= 15 is 0 Å². The molecule has 0 aliphatic rings. The summed E-state index contributed by atoms with van der Waals surface area (Å²) in [6, 6.07) is 0. The van der Waals surface area contributed by atoms with E-state index in [-0.39, 0.29) is 0 Å². The minimum Gasteiger partial charge on any atom is -0.224 e. The first-order valence-corrected chi connectivity index (χ1v) is 6.46. The summed E-state index contributed by atoms with van der Waals surface area (Å²) in [5.41, 5.74) is 0. The highest BCUT2D eigenvalue weighted by Gasteiger charge is 2.11. The normalized spacial score (nSPS) is 12.3. The molecular formula is C6H10O4S2. The Morgan fingerprint density at radius 3 is 1.25 bits per heavy atom. The molecule has 12 heavy (non-hydrogen) atoms. The molecule has 0 spiro atoms. The Hall–Kier alpha value is -0.620. The second kappa shape index (κ2) is 3.86. The van der Waals surface area contributed by atoms with Crippen LogP contribution < -0.4 is 0 Å². The maximum atomic E-state index is 10.7. The van der Waals surface area contributed by atoms with Gasteiger partial charge in [0, 0.05) is 10.8 Å². The van der Waals surface area contributed by atoms with Gasteiger partial charge in [0.2, 0.25) is 0 Å². The minimum absolute atomic E-state index is 0.440. The predicted molar refractivity (Wildman–Crippen MR) is 48.0 cm³/mol. The first-order valence-electron chi connectivity index (χ1n) is 3.03. The molecule has 0 aromatic rings. The zero-order valence-electron chi connectivity index (χ0n) is 6.43. The van der Waals surface area contributed by atoms with Crippen LogP contribution in [0.3, 0.4) is 0 Å². The van der Waals surface area contributed by atoms with Crippen LogP contribution in [0.1, 0.15) is 0 Å². The van der Waals surface area contributed by atoms with E-state index in [1.165, 1.54) is 0 Å². The van der Waals surface area contributed by atoms with Crippen molar-refractivity contribution in [3.05, 3.63) is 24.0 Å². The number of rotatable bonds is 5. The molecule has 4 nitrogen and oxygen atoms in total. The molecule has 0 unspecified atom stereocenters. The van der Waals surface area contributed by atoms with Crippen LogP contribution in [0, 0.1) is 0 Å². The van der Waals surface area contributed by atoms with Crippen molar-refractivity contribution in [1.29, 1.82) is 0 Å². The summed E-state index contributed by atoms with van der Waals surface area (Å²) in [5.74, 6) is -0.879. The monoisotopic (exact) mass is 210 g/mol. The molecule has 0 atom stereocenters. The Balaban J connectivity index is 4.39. The van der Waals surface area contributed by atoms with Crippen LogP contribution in [0.2, 0.25) is 0 Å². The molecule has 0 aliphatic carbocycles. The highest BCUT2D eigenvalue weighted by molar-refractivity contribution is 7.97. The van der Waals surface area contributed by atoms with Gasteiger partial charge < -0.3 is 0 Å². The van der Waals surface area contributed by atoms with Gasteiger partial charge in [0.15, 0.2) is 19.7 Å². The Bertz CT molecular complexity index is 322. The lowest BCUT2D eigenvalue weighted by atomic mass is 11.0. The van der Waals surface area contributed by atoms with Gasteiger partial charge in [0.05, 0.1) is 11.5 Å². The zero-order valence-corrected chi connectivity index (χ0v) is 8.07. The first kappa shape index (κ1) is 11.4. The average Bonchev–Trinajstić information content (AvgIpc) is 2.02. The molecule has 0 rings (SSSR count). The van der Waals surface area contributed by atoms with Gasteiger partial charge in [0.1, 0.15) is 0 Å². The Morgan fingerprint density at radius 2 is 1.08 bits per heavy atom. The lowest BCUT2D eigenvalue weighted by molar-refractivity contribution is 0.596. The highest BCUT2D eigenvalue weighted by atomic mass is 32.2. The fourth-order valence-electron chi connectivity index (χ4n) is 0.399. The van der Waals surface area contributed by atoms with Crippen molar-refractivity contribution in [3.8, 4) is 0 Å². The van der Waals surface area contributed by atoms with Crippen molar-refractivity contribution in [2.24, 2.45) is 0 Å². The maximum Gasteiger partial charge on any atom is 0.172 e. The smallest absolute Gasteiger partial charge is 0.172 e. The van der Waals surface area contributed by atoms with E-state index in [2.05, 4.69) is 13.2 Å². The molecule has 70 valence electrons. The van der Waals surface area contributed by atoms with Crippen LogP contribution in [0.4, 0.5) is 0 Å². The third-order valence-electron chi connectivity index (χ3n) is 1.16. The van der Waals surface area contributed by atoms with Crippen LogP contribution >= 0.6 is 0 Å². The molecule has 0 aliphatic heterocycles. The summed E-state index contributed by atoms with van der Waals surface area (Å²) in [6.07, 6.45) is 0. The van der Waals surface area contributed by atoms with E-state index in [9.17, 15) is 16.8 Å². The molecule has 6 heteroatoms. The fraction of sp³-hybridized carbons (Fsp3) is 0.333. The van der Waals surface area contributed by atoms with Gasteiger partial charge in [-0.15, -0.1) is 0 Å². The van der Waals surface area contributed by atoms with Crippen LogP contribution in [-0.4, -0.2) is 28.3 Å². The molecule has 0 saturated heterocycles. The number of hydrogen-bond donors (Lipinski definition) is 0. The van der Waals surface area contributed by atoms with Gasteiger partial charge >= 0.3 is 0 Å². The zero-order chi connectivity index (χ0) is 9.83. The van der Waals surface area contributed by atoms with Gasteiger partial charge in [-0.25, -0.2) is 16.8 Å². The molecule has 0 radical (unpaired) electrons. The molecule has 0 heterocycles. The average molecular weight is 210 g/mol. The molecule has 0 saturated carbocycles. The lowest BCUT2D eigenvalue weighted by Crippen LogP contribution is -2.13. The van der Waals surface area contributed by atoms with Crippen molar-refractivity contribution in [3.63, 3.8) is 0 Å². The Morgan fingerprint density at radius 1 is 0.833 bits per heavy atom. The van der Waals surface area contributed by atoms with Crippen molar-refractivity contribution in [2.45, 2.75) is 0 Å². The van der Waals surface area contributed by atoms with Crippen LogP contribution in [0.5, 0.6) is 0 Å². The lowest BCUT2D eigenvalue weighted by Gasteiger charge is -1.96. The molecule has 0 aromatic heterocycles. The van der Waals surface area contributed by atoms with E-state index in [0.717, 1.165) is 10.8 Å². The summed E-state index contributed by atoms with van der Waals surface area (Å²) in [7, 11) is -6.85. The van der Waals surface area contributed by atoms with E-state index in [0.29, 0.717) is 0 Å². The van der Waals surface area contributed by atoms with Crippen molar-refractivity contribution in [1.82, 2.24) is 0 Å². The number of hydrogen-bond acceptors (Lipinski definition) is 4. The van der Waals surface area contributed by atoms with Crippen molar-refractivity contribution in [2.75, 3.05) is 11.5 Å². The van der Waals surface area contributed by atoms with Gasteiger partial charge in [-0.1, -0.05) is 13.2 Å². The standard InChI is InChI=1S/C6H10O4S2/c1-3-11(7,8)5-6-12(9,10)4-2/h3-4H,1-2,5-6H2. The predicted octanol–water partition coefficient (Wildman–Crippen LogP) is 0.103. The highest BCUT2D eigenvalue weighted by Crippen LogP contribution is 1.96. The fourth-order valence-corrected chi connectivity index (χ4v) is 2.59. The quantitative estimate of drug-likeness (QED) is 0.645. The Kier molecular flexibility index (Phi) is 3.66. The molecule has 0 aromatic carbocycles. The maximum absolute atomic E-state index is 10.7. The third kappa shape index (κ3) is 4.30. The van der Waals surface area contributed by atoms with Gasteiger partial charge in [0.25, 0.3) is 0 Å². The summed E-state index contributed by atoms with van der Waals surface area (Å²) >= 11 is 0. The van der Waals surface area contributed by atoms with Crippen molar-refractivity contribution < 1.29 is 16.8 Å². The van der Waals surface area contributed by atoms with E-state index in [1.807, 2.05) is 0 Å². The summed E-state index contributed by atoms with van der Waals surface area (Å²) in [4.78, 5) is 0.